The van der Waals surface area contributed by atoms with Gasteiger partial charge in [0.1, 0.15) is 0 Å². The summed E-state index contributed by atoms with van der Waals surface area (Å²) in [6.45, 7) is 5.14. The van der Waals surface area contributed by atoms with Gasteiger partial charge in [0.15, 0.2) is 0 Å². The maximum Gasteiger partial charge on any atom is 0.0518 e. The van der Waals surface area contributed by atoms with Gasteiger partial charge < -0.3 is 5.11 Å². The van der Waals surface area contributed by atoms with E-state index in [1.54, 1.807) is 0 Å². The minimum atomic E-state index is -1.13. The van der Waals surface area contributed by atoms with Gasteiger partial charge in [-0.25, -0.2) is 0 Å². The molecular formula is C12H20OSi. The van der Waals surface area contributed by atoms with Gasteiger partial charge >= 0.3 is 0 Å². The van der Waals surface area contributed by atoms with Crippen LogP contribution in [0.25, 0.3) is 0 Å². The lowest BCUT2D eigenvalue weighted by molar-refractivity contribution is 0.294. The molecule has 1 aromatic carbocycles. The van der Waals surface area contributed by atoms with Crippen molar-refractivity contribution in [3.05, 3.63) is 35.9 Å². The topological polar surface area (TPSA) is 20.2 Å². The third-order valence-corrected chi connectivity index (χ3v) is 5.61. The molecule has 0 aromatic heterocycles. The third-order valence-electron chi connectivity index (χ3n) is 2.54. The molecule has 78 valence electrons. The Kier molecular flexibility index (Phi) is 4.36. The van der Waals surface area contributed by atoms with Crippen molar-refractivity contribution in [1.82, 2.24) is 0 Å². The molecule has 0 aliphatic rings. The Balaban J connectivity index is 2.50. The molecule has 0 spiro atoms. The summed E-state index contributed by atoms with van der Waals surface area (Å²) in [5, 5.41) is 8.82. The number of hydrogen-bond acceptors (Lipinski definition) is 1. The molecule has 0 fully saturated rings. The summed E-state index contributed by atoms with van der Waals surface area (Å²) in [6.07, 6.45) is 0.964. The van der Waals surface area contributed by atoms with E-state index in [0.717, 1.165) is 6.42 Å². The highest BCUT2D eigenvalue weighted by Gasteiger charge is 2.19. The van der Waals surface area contributed by atoms with E-state index in [1.807, 2.05) is 0 Å². The fraction of sp³-hybridized carbons (Fsp3) is 0.500. The molecule has 14 heavy (non-hydrogen) atoms. The smallest absolute Gasteiger partial charge is 0.0518 e. The first kappa shape index (κ1) is 11.5. The zero-order valence-electron chi connectivity index (χ0n) is 9.16. The fourth-order valence-corrected chi connectivity index (χ4v) is 4.43. The lowest BCUT2D eigenvalue weighted by Crippen LogP contribution is -2.29. The van der Waals surface area contributed by atoms with E-state index in [1.165, 1.54) is 17.7 Å². The maximum atomic E-state index is 8.82. The monoisotopic (exact) mass is 208 g/mol. The van der Waals surface area contributed by atoms with Crippen LogP contribution in [0.1, 0.15) is 12.0 Å². The van der Waals surface area contributed by atoms with E-state index < -0.39 is 8.07 Å². The summed E-state index contributed by atoms with van der Waals surface area (Å²) >= 11 is 0. The zero-order valence-corrected chi connectivity index (χ0v) is 10.2. The average Bonchev–Trinajstić information content (AvgIpc) is 2.16. The van der Waals surface area contributed by atoms with Crippen LogP contribution in [-0.4, -0.2) is 19.8 Å². The van der Waals surface area contributed by atoms with Gasteiger partial charge in [0.2, 0.25) is 0 Å². The molecule has 1 nitrogen and oxygen atoms in total. The lowest BCUT2D eigenvalue weighted by atomic mass is 10.2. The Labute approximate surface area is 87.8 Å². The van der Waals surface area contributed by atoms with Crippen molar-refractivity contribution in [1.29, 1.82) is 0 Å². The Morgan fingerprint density at radius 3 is 2.36 bits per heavy atom. The van der Waals surface area contributed by atoms with Crippen LogP contribution in [0.4, 0.5) is 0 Å². The number of rotatable bonds is 5. The van der Waals surface area contributed by atoms with Crippen molar-refractivity contribution in [2.45, 2.75) is 31.6 Å². The molecule has 2 heteroatoms. The Morgan fingerprint density at radius 1 is 1.14 bits per heavy atom. The van der Waals surface area contributed by atoms with Crippen LogP contribution in [0.2, 0.25) is 19.1 Å². The van der Waals surface area contributed by atoms with Crippen LogP contribution < -0.4 is 0 Å². The number of benzene rings is 1. The van der Waals surface area contributed by atoms with Crippen LogP contribution in [0.5, 0.6) is 0 Å². The summed E-state index contributed by atoms with van der Waals surface area (Å²) in [5.41, 5.74) is 1.45. The second-order valence-electron chi connectivity index (χ2n) is 4.65. The first-order chi connectivity index (χ1) is 6.64. The Bertz CT molecular complexity index is 256. The highest BCUT2D eigenvalue weighted by atomic mass is 28.3. The Hall–Kier alpha value is -0.603. The van der Waals surface area contributed by atoms with E-state index in [9.17, 15) is 0 Å². The van der Waals surface area contributed by atoms with Crippen molar-refractivity contribution in [2.24, 2.45) is 0 Å². The van der Waals surface area contributed by atoms with E-state index in [0.29, 0.717) is 6.61 Å². The molecule has 0 saturated carbocycles. The van der Waals surface area contributed by atoms with Crippen molar-refractivity contribution >= 4 is 8.07 Å². The molecule has 0 bridgehead atoms. The van der Waals surface area contributed by atoms with Gasteiger partial charge in [-0.15, -0.1) is 0 Å². The van der Waals surface area contributed by atoms with Gasteiger partial charge in [-0.05, 0) is 12.5 Å². The summed E-state index contributed by atoms with van der Waals surface area (Å²) in [4.78, 5) is 0. The molecule has 0 heterocycles. The van der Waals surface area contributed by atoms with E-state index in [4.69, 9.17) is 5.11 Å². The standard InChI is InChI=1S/C12H20OSi/c1-14(2,10-6-9-13)11-12-7-4-3-5-8-12/h3-5,7-8,13H,6,9-11H2,1-2H3. The summed E-state index contributed by atoms with van der Waals surface area (Å²) in [7, 11) is -1.13. The van der Waals surface area contributed by atoms with Crippen molar-refractivity contribution in [3.63, 3.8) is 0 Å². The van der Waals surface area contributed by atoms with Crippen LogP contribution >= 0.6 is 0 Å². The predicted molar refractivity (Wildman–Crippen MR) is 64.1 cm³/mol. The number of aliphatic hydroxyl groups excluding tert-OH is 1. The van der Waals surface area contributed by atoms with Gasteiger partial charge in [0.05, 0.1) is 8.07 Å². The summed E-state index contributed by atoms with van der Waals surface area (Å²) < 4.78 is 0. The fourth-order valence-electron chi connectivity index (χ4n) is 1.79. The molecule has 0 amide bonds. The summed E-state index contributed by atoms with van der Waals surface area (Å²) in [5.74, 6) is 0. The predicted octanol–water partition coefficient (Wildman–Crippen LogP) is 2.86. The number of aliphatic hydroxyl groups is 1. The zero-order chi connectivity index (χ0) is 10.4. The average molecular weight is 208 g/mol. The molecule has 0 radical (unpaired) electrons. The van der Waals surface area contributed by atoms with E-state index in [-0.39, 0.29) is 0 Å². The molecule has 0 saturated heterocycles. The van der Waals surface area contributed by atoms with Gasteiger partial charge in [0.25, 0.3) is 0 Å². The first-order valence-corrected chi connectivity index (χ1v) is 8.70. The van der Waals surface area contributed by atoms with Crippen molar-refractivity contribution < 1.29 is 5.11 Å². The molecule has 0 unspecified atom stereocenters. The van der Waals surface area contributed by atoms with Crippen LogP contribution in [0.15, 0.2) is 30.3 Å². The maximum absolute atomic E-state index is 8.82. The highest BCUT2D eigenvalue weighted by Crippen LogP contribution is 2.17. The lowest BCUT2D eigenvalue weighted by Gasteiger charge is -2.21. The quantitative estimate of drug-likeness (QED) is 0.738. The van der Waals surface area contributed by atoms with Crippen LogP contribution in [-0.2, 0) is 6.04 Å². The normalized spacial score (nSPS) is 11.6. The van der Waals surface area contributed by atoms with Crippen LogP contribution in [0, 0.1) is 0 Å². The summed E-state index contributed by atoms with van der Waals surface area (Å²) in [6, 6.07) is 13.1. The number of hydrogen-bond donors (Lipinski definition) is 1. The van der Waals surface area contributed by atoms with E-state index in [2.05, 4.69) is 43.4 Å². The van der Waals surface area contributed by atoms with Gasteiger partial charge in [-0.3, -0.25) is 0 Å². The first-order valence-electron chi connectivity index (χ1n) is 5.29. The van der Waals surface area contributed by atoms with Crippen molar-refractivity contribution in [2.75, 3.05) is 6.61 Å². The molecule has 1 aromatic rings. The van der Waals surface area contributed by atoms with Gasteiger partial charge in [-0.2, -0.15) is 0 Å². The molecule has 0 aliphatic carbocycles. The van der Waals surface area contributed by atoms with Gasteiger partial charge in [-0.1, -0.05) is 55.0 Å². The highest BCUT2D eigenvalue weighted by molar-refractivity contribution is 6.76. The third kappa shape index (κ3) is 4.07. The van der Waals surface area contributed by atoms with Crippen molar-refractivity contribution in [3.8, 4) is 0 Å². The Morgan fingerprint density at radius 2 is 1.79 bits per heavy atom. The molecule has 0 aliphatic heterocycles. The molecular weight excluding hydrogens is 188 g/mol. The second-order valence-corrected chi connectivity index (χ2v) is 9.84. The molecule has 1 rings (SSSR count). The molecule has 0 atom stereocenters. The largest absolute Gasteiger partial charge is 0.396 e. The molecule has 1 N–H and O–H groups in total. The minimum absolute atomic E-state index is 0.339. The van der Waals surface area contributed by atoms with E-state index >= 15 is 0 Å². The SMILES string of the molecule is C[Si](C)(CCCO)Cc1ccccc1. The minimum Gasteiger partial charge on any atom is -0.396 e. The second kappa shape index (κ2) is 5.32. The van der Waals surface area contributed by atoms with Crippen LogP contribution in [0.3, 0.4) is 0 Å². The van der Waals surface area contributed by atoms with Gasteiger partial charge in [0, 0.05) is 6.61 Å².